The van der Waals surface area contributed by atoms with E-state index in [1.54, 1.807) is 0 Å². The number of nitrogens with zero attached hydrogens (tertiary/aromatic N) is 1. The number of rotatable bonds is 2. The number of hydrogen-bond acceptors (Lipinski definition) is 2. The van der Waals surface area contributed by atoms with Crippen LogP contribution in [-0.4, -0.2) is 10.1 Å². The van der Waals surface area contributed by atoms with Crippen LogP contribution in [0.3, 0.4) is 0 Å². The Bertz CT molecular complexity index is 492. The van der Waals surface area contributed by atoms with Gasteiger partial charge in [0.05, 0.1) is 5.60 Å². The van der Waals surface area contributed by atoms with Crippen molar-refractivity contribution in [1.29, 1.82) is 0 Å². The molecular formula is C14H17ClF3NO. The standard InChI is InChI=1S/C14H17ClF3NO/c1-2-9-5-3-4-8-13(9,20)10-6-7-11(14(16,17)18)19-12(10)15/h6-7,9,20H,2-5,8H2,1H3. The fourth-order valence-corrected chi connectivity index (χ4v) is 3.36. The summed E-state index contributed by atoms with van der Waals surface area (Å²) in [5.74, 6) is 0.00675. The molecule has 1 heterocycles. The van der Waals surface area contributed by atoms with Crippen LogP contribution in [-0.2, 0) is 11.8 Å². The molecule has 2 atom stereocenters. The Kier molecular flexibility index (Phi) is 4.30. The van der Waals surface area contributed by atoms with Gasteiger partial charge in [0.2, 0.25) is 0 Å². The van der Waals surface area contributed by atoms with E-state index in [-0.39, 0.29) is 11.1 Å². The smallest absolute Gasteiger partial charge is 0.385 e. The molecule has 0 aliphatic heterocycles. The highest BCUT2D eigenvalue weighted by atomic mass is 35.5. The van der Waals surface area contributed by atoms with E-state index in [4.69, 9.17) is 11.6 Å². The summed E-state index contributed by atoms with van der Waals surface area (Å²) < 4.78 is 37.8. The second-order valence-electron chi connectivity index (χ2n) is 5.31. The lowest BCUT2D eigenvalue weighted by molar-refractivity contribution is -0.141. The molecule has 2 unspecified atom stereocenters. The predicted octanol–water partition coefficient (Wildman–Crippen LogP) is 4.54. The van der Waals surface area contributed by atoms with Crippen molar-refractivity contribution < 1.29 is 18.3 Å². The molecule has 1 aliphatic rings. The summed E-state index contributed by atoms with van der Waals surface area (Å²) in [6.45, 7) is 1.96. The van der Waals surface area contributed by atoms with Crippen LogP contribution >= 0.6 is 11.6 Å². The molecule has 1 aromatic heterocycles. The first-order chi connectivity index (χ1) is 9.29. The van der Waals surface area contributed by atoms with Gasteiger partial charge < -0.3 is 5.11 Å². The maximum Gasteiger partial charge on any atom is 0.433 e. The molecule has 0 aromatic carbocycles. The Balaban J connectivity index is 2.41. The van der Waals surface area contributed by atoms with Crippen LogP contribution in [0.15, 0.2) is 12.1 Å². The first-order valence-corrected chi connectivity index (χ1v) is 7.13. The summed E-state index contributed by atoms with van der Waals surface area (Å²) in [4.78, 5) is 3.41. The third-order valence-electron chi connectivity index (χ3n) is 4.13. The van der Waals surface area contributed by atoms with Gasteiger partial charge in [-0.05, 0) is 24.8 Å². The van der Waals surface area contributed by atoms with Crippen LogP contribution in [0.25, 0.3) is 0 Å². The predicted molar refractivity (Wildman–Crippen MR) is 70.4 cm³/mol. The minimum Gasteiger partial charge on any atom is -0.385 e. The zero-order valence-corrected chi connectivity index (χ0v) is 11.9. The highest BCUT2D eigenvalue weighted by molar-refractivity contribution is 6.30. The number of pyridine rings is 1. The van der Waals surface area contributed by atoms with Gasteiger partial charge in [-0.3, -0.25) is 0 Å². The summed E-state index contributed by atoms with van der Waals surface area (Å²) in [7, 11) is 0. The lowest BCUT2D eigenvalue weighted by atomic mass is 9.71. The number of halogens is 4. The van der Waals surface area contributed by atoms with Crippen LogP contribution < -0.4 is 0 Å². The third kappa shape index (κ3) is 2.79. The van der Waals surface area contributed by atoms with E-state index in [0.717, 1.165) is 31.7 Å². The molecule has 1 fully saturated rings. The molecule has 0 amide bonds. The van der Waals surface area contributed by atoms with Crippen LogP contribution in [0.1, 0.15) is 50.3 Å². The molecule has 6 heteroatoms. The Morgan fingerprint density at radius 3 is 2.65 bits per heavy atom. The maximum absolute atomic E-state index is 12.6. The molecule has 1 N–H and O–H groups in total. The van der Waals surface area contributed by atoms with Crippen molar-refractivity contribution in [2.75, 3.05) is 0 Å². The van der Waals surface area contributed by atoms with Gasteiger partial charge in [-0.15, -0.1) is 0 Å². The fourth-order valence-electron chi connectivity index (χ4n) is 3.04. The van der Waals surface area contributed by atoms with Gasteiger partial charge in [0.25, 0.3) is 0 Å². The minimum atomic E-state index is -4.53. The van der Waals surface area contributed by atoms with Crippen LogP contribution in [0.5, 0.6) is 0 Å². The monoisotopic (exact) mass is 307 g/mol. The molecule has 1 aliphatic carbocycles. The second-order valence-corrected chi connectivity index (χ2v) is 5.67. The fraction of sp³-hybridized carbons (Fsp3) is 0.643. The first kappa shape index (κ1) is 15.6. The highest BCUT2D eigenvalue weighted by Crippen LogP contribution is 2.45. The van der Waals surface area contributed by atoms with E-state index in [1.807, 2.05) is 6.92 Å². The molecular weight excluding hydrogens is 291 g/mol. The summed E-state index contributed by atoms with van der Waals surface area (Å²) in [5.41, 5.74) is -1.88. The minimum absolute atomic E-state index is 0.00675. The van der Waals surface area contributed by atoms with E-state index >= 15 is 0 Å². The average molecular weight is 308 g/mol. The molecule has 1 saturated carbocycles. The lowest BCUT2D eigenvalue weighted by Gasteiger charge is -2.40. The van der Waals surface area contributed by atoms with Gasteiger partial charge in [-0.1, -0.05) is 43.9 Å². The van der Waals surface area contributed by atoms with Crippen molar-refractivity contribution >= 4 is 11.6 Å². The summed E-state index contributed by atoms with van der Waals surface area (Å²) >= 11 is 5.91. The summed E-state index contributed by atoms with van der Waals surface area (Å²) in [6.07, 6.45) is -0.547. The van der Waals surface area contributed by atoms with Gasteiger partial charge in [0, 0.05) is 5.56 Å². The van der Waals surface area contributed by atoms with Gasteiger partial charge in [-0.2, -0.15) is 13.2 Å². The Hall–Kier alpha value is -0.810. The SMILES string of the molecule is CCC1CCCCC1(O)c1ccc(C(F)(F)F)nc1Cl. The van der Waals surface area contributed by atoms with E-state index in [0.29, 0.717) is 12.0 Å². The second kappa shape index (κ2) is 5.53. The molecule has 0 radical (unpaired) electrons. The van der Waals surface area contributed by atoms with Gasteiger partial charge >= 0.3 is 6.18 Å². The normalized spacial score (nSPS) is 27.6. The van der Waals surface area contributed by atoms with Gasteiger partial charge in [0.15, 0.2) is 0 Å². The molecule has 0 spiro atoms. The number of alkyl halides is 3. The van der Waals surface area contributed by atoms with Gasteiger partial charge in [0.1, 0.15) is 10.8 Å². The zero-order chi connectivity index (χ0) is 15.0. The maximum atomic E-state index is 12.6. The van der Waals surface area contributed by atoms with Crippen molar-refractivity contribution in [3.05, 3.63) is 28.5 Å². The number of hydrogen-bond donors (Lipinski definition) is 1. The quantitative estimate of drug-likeness (QED) is 0.814. The average Bonchev–Trinajstić information content (AvgIpc) is 2.37. The molecule has 2 rings (SSSR count). The molecule has 112 valence electrons. The van der Waals surface area contributed by atoms with Gasteiger partial charge in [-0.25, -0.2) is 4.98 Å². The molecule has 20 heavy (non-hydrogen) atoms. The van der Waals surface area contributed by atoms with Crippen molar-refractivity contribution in [2.45, 2.75) is 50.8 Å². The van der Waals surface area contributed by atoms with E-state index in [2.05, 4.69) is 4.98 Å². The van der Waals surface area contributed by atoms with Crippen LogP contribution in [0.4, 0.5) is 13.2 Å². The van der Waals surface area contributed by atoms with Crippen molar-refractivity contribution in [3.8, 4) is 0 Å². The van der Waals surface area contributed by atoms with E-state index < -0.39 is 17.5 Å². The largest absolute Gasteiger partial charge is 0.433 e. The van der Waals surface area contributed by atoms with Crippen molar-refractivity contribution in [1.82, 2.24) is 4.98 Å². The van der Waals surface area contributed by atoms with Crippen LogP contribution in [0.2, 0.25) is 5.15 Å². The first-order valence-electron chi connectivity index (χ1n) is 6.75. The van der Waals surface area contributed by atoms with Crippen LogP contribution in [0, 0.1) is 5.92 Å². The topological polar surface area (TPSA) is 33.1 Å². The van der Waals surface area contributed by atoms with E-state index in [1.165, 1.54) is 6.07 Å². The lowest BCUT2D eigenvalue weighted by Crippen LogP contribution is -2.38. The Labute approximate surface area is 121 Å². The molecule has 1 aromatic rings. The summed E-state index contributed by atoms with van der Waals surface area (Å²) in [5, 5.41) is 10.6. The van der Waals surface area contributed by atoms with Crippen molar-refractivity contribution in [3.63, 3.8) is 0 Å². The molecule has 0 bridgehead atoms. The number of aliphatic hydroxyl groups is 1. The third-order valence-corrected chi connectivity index (χ3v) is 4.42. The number of aromatic nitrogens is 1. The Morgan fingerprint density at radius 2 is 2.10 bits per heavy atom. The Morgan fingerprint density at radius 1 is 1.40 bits per heavy atom. The zero-order valence-electron chi connectivity index (χ0n) is 11.2. The highest BCUT2D eigenvalue weighted by Gasteiger charge is 2.42. The van der Waals surface area contributed by atoms with E-state index in [9.17, 15) is 18.3 Å². The van der Waals surface area contributed by atoms with Crippen molar-refractivity contribution in [2.24, 2.45) is 5.92 Å². The molecule has 0 saturated heterocycles. The molecule has 2 nitrogen and oxygen atoms in total. The summed E-state index contributed by atoms with van der Waals surface area (Å²) in [6, 6.07) is 2.16.